The van der Waals surface area contributed by atoms with Crippen LogP contribution in [0.15, 0.2) is 55.0 Å². The quantitative estimate of drug-likeness (QED) is 0.385. The van der Waals surface area contributed by atoms with E-state index in [1.807, 2.05) is 0 Å². The topological polar surface area (TPSA) is 157 Å². The number of aromatic nitrogens is 2. The summed E-state index contributed by atoms with van der Waals surface area (Å²) in [7, 11) is 1.26. The molecule has 1 saturated heterocycles. The van der Waals surface area contributed by atoms with E-state index in [4.69, 9.17) is 10.5 Å². The van der Waals surface area contributed by atoms with Gasteiger partial charge in [0.05, 0.1) is 7.11 Å². The van der Waals surface area contributed by atoms with Crippen LogP contribution in [0.25, 0.3) is 0 Å². The summed E-state index contributed by atoms with van der Waals surface area (Å²) in [6.45, 7) is 1.81. The highest BCUT2D eigenvalue weighted by Gasteiger charge is 2.22. The molecule has 0 spiro atoms. The van der Waals surface area contributed by atoms with E-state index in [1.165, 1.54) is 49.8 Å². The fourth-order valence-corrected chi connectivity index (χ4v) is 3.31. The Morgan fingerprint density at radius 1 is 1.14 bits per heavy atom. The molecule has 0 aliphatic carbocycles. The minimum absolute atomic E-state index is 0.113. The second kappa shape index (κ2) is 11.7. The zero-order chi connectivity index (χ0) is 25.4. The lowest BCUT2D eigenvalue weighted by molar-refractivity contribution is 0.0933. The maximum atomic E-state index is 14.1. The summed E-state index contributed by atoms with van der Waals surface area (Å²) >= 11 is 0. The van der Waals surface area contributed by atoms with Crippen molar-refractivity contribution in [3.63, 3.8) is 0 Å². The fourth-order valence-electron chi connectivity index (χ4n) is 3.31. The predicted octanol–water partition coefficient (Wildman–Crippen LogP) is 1.44. The Kier molecular flexibility index (Phi) is 8.41. The number of rotatable bonds is 6. The Balaban J connectivity index is 0.000000211. The van der Waals surface area contributed by atoms with Gasteiger partial charge in [-0.2, -0.15) is 0 Å². The minimum atomic E-state index is -0.943. The number of primary amides is 1. The largest absolute Gasteiger partial charge is 0.507 e. The summed E-state index contributed by atoms with van der Waals surface area (Å²) in [5.41, 5.74) is 5.37. The maximum Gasteiger partial charge on any atom is 0.270 e. The lowest BCUT2D eigenvalue weighted by atomic mass is 10.00. The van der Waals surface area contributed by atoms with Crippen LogP contribution in [0.2, 0.25) is 0 Å². The van der Waals surface area contributed by atoms with Gasteiger partial charge in [-0.25, -0.2) is 14.4 Å². The zero-order valence-corrected chi connectivity index (χ0v) is 18.8. The third-order valence-electron chi connectivity index (χ3n) is 5.17. The van der Waals surface area contributed by atoms with Crippen LogP contribution in [-0.4, -0.2) is 58.9 Å². The molecule has 11 heteroatoms. The van der Waals surface area contributed by atoms with E-state index in [1.54, 1.807) is 12.3 Å². The molecule has 1 atom stereocenters. The van der Waals surface area contributed by atoms with Crippen molar-refractivity contribution in [3.05, 3.63) is 83.2 Å². The van der Waals surface area contributed by atoms with Gasteiger partial charge < -0.3 is 26.2 Å². The number of halogens is 1. The molecule has 0 saturated carbocycles. The van der Waals surface area contributed by atoms with Crippen molar-refractivity contribution in [2.75, 3.05) is 20.2 Å². The van der Waals surface area contributed by atoms with E-state index < -0.39 is 28.8 Å². The standard InChI is InChI=1S/C15H12FNO4.C9H12N4O/c1-21-11-7-6-10(18)12(13(11)16)14(19)8-2-4-9(5-3-8)15(17)20;14-9(8-2-4-11-6-12-8)13-7-1-3-10-5-7/h2-7,18H,1H3,(H2,17,20);2,4,6-7,10H,1,3,5H2,(H,13,14)/t;7-/m.0/s1. The molecule has 0 bridgehead atoms. The SMILES string of the molecule is COc1ccc(O)c(C(=O)c2ccc(C(N)=O)cc2)c1F.O=C(N[C@H]1CCNC1)c1ccncn1. The van der Waals surface area contributed by atoms with Gasteiger partial charge in [-0.15, -0.1) is 0 Å². The molecule has 0 radical (unpaired) electrons. The van der Waals surface area contributed by atoms with Crippen LogP contribution in [0.5, 0.6) is 11.5 Å². The number of phenolic OH excluding ortho intramolecular Hbond substituents is 1. The van der Waals surface area contributed by atoms with Crippen molar-refractivity contribution < 1.29 is 28.6 Å². The Bertz CT molecular complexity index is 1200. The number of hydrogen-bond acceptors (Lipinski definition) is 8. The number of ketones is 1. The third kappa shape index (κ3) is 6.36. The van der Waals surface area contributed by atoms with E-state index in [9.17, 15) is 23.9 Å². The van der Waals surface area contributed by atoms with Gasteiger partial charge in [0.2, 0.25) is 5.91 Å². The number of methoxy groups -OCH3 is 1. The van der Waals surface area contributed by atoms with Crippen molar-refractivity contribution in [1.82, 2.24) is 20.6 Å². The molecule has 5 N–H and O–H groups in total. The lowest BCUT2D eigenvalue weighted by Gasteiger charge is -2.09. The predicted molar refractivity (Wildman–Crippen MR) is 124 cm³/mol. The highest BCUT2D eigenvalue weighted by atomic mass is 19.1. The molecule has 1 aliphatic heterocycles. The second-order valence-electron chi connectivity index (χ2n) is 7.50. The molecule has 3 aromatic rings. The molecule has 4 rings (SSSR count). The van der Waals surface area contributed by atoms with E-state index in [0.29, 0.717) is 5.69 Å². The van der Waals surface area contributed by atoms with Gasteiger partial charge in [-0.1, -0.05) is 12.1 Å². The van der Waals surface area contributed by atoms with Gasteiger partial charge >= 0.3 is 0 Å². The van der Waals surface area contributed by atoms with Crippen LogP contribution < -0.4 is 21.1 Å². The molecule has 0 unspecified atom stereocenters. The molecule has 10 nitrogen and oxygen atoms in total. The number of nitrogens with one attached hydrogen (secondary N) is 2. The summed E-state index contributed by atoms with van der Waals surface area (Å²) < 4.78 is 18.9. The normalized spacial score (nSPS) is 14.4. The number of carbonyl (C=O) groups is 3. The van der Waals surface area contributed by atoms with Crippen molar-refractivity contribution in [3.8, 4) is 11.5 Å². The van der Waals surface area contributed by atoms with Gasteiger partial charge in [0.15, 0.2) is 17.3 Å². The van der Waals surface area contributed by atoms with Gasteiger partial charge in [0.25, 0.3) is 5.91 Å². The number of nitrogens with zero attached hydrogens (tertiary/aromatic N) is 2. The third-order valence-corrected chi connectivity index (χ3v) is 5.17. The monoisotopic (exact) mass is 481 g/mol. The first-order chi connectivity index (χ1) is 16.8. The smallest absolute Gasteiger partial charge is 0.270 e. The highest BCUT2D eigenvalue weighted by molar-refractivity contribution is 6.11. The number of nitrogens with two attached hydrogens (primary N) is 1. The fraction of sp³-hybridized carbons (Fsp3) is 0.208. The van der Waals surface area contributed by atoms with Gasteiger partial charge in [0.1, 0.15) is 23.3 Å². The Labute approximate surface area is 200 Å². The van der Waals surface area contributed by atoms with Crippen LogP contribution in [0.1, 0.15) is 43.2 Å². The van der Waals surface area contributed by atoms with Crippen molar-refractivity contribution >= 4 is 17.6 Å². The van der Waals surface area contributed by atoms with Gasteiger partial charge in [-0.05, 0) is 43.3 Å². The van der Waals surface area contributed by atoms with Crippen LogP contribution >= 0.6 is 0 Å². The van der Waals surface area contributed by atoms with Crippen LogP contribution in [0.3, 0.4) is 0 Å². The number of hydrogen-bond donors (Lipinski definition) is 4. The average Bonchev–Trinajstić information content (AvgIpc) is 3.38. The van der Waals surface area contributed by atoms with Crippen molar-refractivity contribution in [2.45, 2.75) is 12.5 Å². The summed E-state index contributed by atoms with van der Waals surface area (Å²) in [4.78, 5) is 42.4. The Hall–Kier alpha value is -4.38. The van der Waals surface area contributed by atoms with E-state index in [0.717, 1.165) is 19.5 Å². The molecular weight excluding hydrogens is 457 g/mol. The lowest BCUT2D eigenvalue weighted by Crippen LogP contribution is -2.36. The molecule has 1 aliphatic rings. The van der Waals surface area contributed by atoms with E-state index in [2.05, 4.69) is 20.6 Å². The number of carbonyl (C=O) groups excluding carboxylic acids is 3. The Morgan fingerprint density at radius 3 is 2.43 bits per heavy atom. The first kappa shape index (κ1) is 25.2. The summed E-state index contributed by atoms with van der Waals surface area (Å²) in [5, 5.41) is 15.8. The summed E-state index contributed by atoms with van der Waals surface area (Å²) in [6.07, 6.45) is 3.92. The summed E-state index contributed by atoms with van der Waals surface area (Å²) in [5.74, 6) is -3.06. The van der Waals surface area contributed by atoms with Crippen LogP contribution in [0, 0.1) is 5.82 Å². The van der Waals surface area contributed by atoms with Crippen molar-refractivity contribution in [2.24, 2.45) is 5.73 Å². The summed E-state index contributed by atoms with van der Waals surface area (Å²) in [6, 6.07) is 9.61. The number of benzene rings is 2. The molecule has 182 valence electrons. The number of ether oxygens (including phenoxy) is 1. The Morgan fingerprint density at radius 2 is 1.86 bits per heavy atom. The number of aromatic hydroxyl groups is 1. The molecule has 2 aromatic carbocycles. The van der Waals surface area contributed by atoms with E-state index in [-0.39, 0.29) is 28.8 Å². The molecular formula is C24H24FN5O5. The van der Waals surface area contributed by atoms with Crippen molar-refractivity contribution in [1.29, 1.82) is 0 Å². The second-order valence-corrected chi connectivity index (χ2v) is 7.50. The average molecular weight is 481 g/mol. The zero-order valence-electron chi connectivity index (χ0n) is 18.8. The van der Waals surface area contributed by atoms with Crippen LogP contribution in [-0.2, 0) is 0 Å². The number of amides is 2. The molecule has 1 fully saturated rings. The maximum absolute atomic E-state index is 14.1. The van der Waals surface area contributed by atoms with E-state index >= 15 is 0 Å². The molecule has 35 heavy (non-hydrogen) atoms. The van der Waals surface area contributed by atoms with Gasteiger partial charge in [-0.3, -0.25) is 14.4 Å². The number of phenols is 1. The van der Waals surface area contributed by atoms with Gasteiger partial charge in [0, 0.05) is 29.9 Å². The molecule has 2 amide bonds. The molecule has 1 aromatic heterocycles. The minimum Gasteiger partial charge on any atom is -0.507 e. The first-order valence-corrected chi connectivity index (χ1v) is 10.6. The highest BCUT2D eigenvalue weighted by Crippen LogP contribution is 2.30. The first-order valence-electron chi connectivity index (χ1n) is 10.6. The van der Waals surface area contributed by atoms with Crippen LogP contribution in [0.4, 0.5) is 4.39 Å². The molecule has 2 heterocycles.